The molecular formula is C21H21Cl2N3O3. The van der Waals surface area contributed by atoms with Crippen molar-refractivity contribution in [2.45, 2.75) is 46.1 Å². The first kappa shape index (κ1) is 21.3. The second-order valence-corrected chi connectivity index (χ2v) is 7.72. The van der Waals surface area contributed by atoms with E-state index in [1.807, 2.05) is 32.0 Å². The quantitative estimate of drug-likeness (QED) is 0.446. The lowest BCUT2D eigenvalue weighted by molar-refractivity contribution is -0.117. The molecule has 0 saturated carbocycles. The molecule has 0 N–H and O–H groups in total. The summed E-state index contributed by atoms with van der Waals surface area (Å²) in [6.45, 7) is 5.38. The lowest BCUT2D eigenvalue weighted by Crippen LogP contribution is -2.07. The van der Waals surface area contributed by atoms with Crippen molar-refractivity contribution in [2.75, 3.05) is 0 Å². The van der Waals surface area contributed by atoms with E-state index in [1.165, 1.54) is 0 Å². The van der Waals surface area contributed by atoms with Gasteiger partial charge in [-0.2, -0.15) is 4.98 Å². The van der Waals surface area contributed by atoms with Gasteiger partial charge in [-0.25, -0.2) is 4.98 Å². The third-order valence-electron chi connectivity index (χ3n) is 4.12. The topological polar surface area (TPSA) is 78.1 Å². The van der Waals surface area contributed by atoms with Crippen LogP contribution in [0.15, 0.2) is 35.0 Å². The monoisotopic (exact) mass is 433 g/mol. The molecule has 6 nitrogen and oxygen atoms in total. The average molecular weight is 434 g/mol. The minimum absolute atomic E-state index is 0.0364. The van der Waals surface area contributed by atoms with E-state index in [9.17, 15) is 4.79 Å². The van der Waals surface area contributed by atoms with Crippen molar-refractivity contribution in [1.82, 2.24) is 15.1 Å². The third kappa shape index (κ3) is 5.34. The molecule has 0 unspecified atom stereocenters. The molecule has 0 saturated heterocycles. The van der Waals surface area contributed by atoms with Gasteiger partial charge in [0, 0.05) is 18.2 Å². The number of ether oxygens (including phenoxy) is 1. The number of aryl methyl sites for hydroxylation is 1. The van der Waals surface area contributed by atoms with Gasteiger partial charge in [0.2, 0.25) is 11.7 Å². The number of hydrogen-bond acceptors (Lipinski definition) is 6. The van der Waals surface area contributed by atoms with E-state index in [1.54, 1.807) is 19.2 Å². The van der Waals surface area contributed by atoms with Crippen LogP contribution in [0.1, 0.15) is 39.2 Å². The highest BCUT2D eigenvalue weighted by Crippen LogP contribution is 2.32. The highest BCUT2D eigenvalue weighted by Gasteiger charge is 2.17. The van der Waals surface area contributed by atoms with Gasteiger partial charge in [0.05, 0.1) is 16.7 Å². The molecule has 152 valence electrons. The van der Waals surface area contributed by atoms with Crippen LogP contribution in [0.3, 0.4) is 0 Å². The fourth-order valence-electron chi connectivity index (χ4n) is 2.78. The smallest absolute Gasteiger partial charge is 0.259 e. The summed E-state index contributed by atoms with van der Waals surface area (Å²) in [5.74, 6) is 1.17. The van der Waals surface area contributed by atoms with E-state index < -0.39 is 0 Å². The van der Waals surface area contributed by atoms with Crippen LogP contribution in [-0.2, 0) is 11.2 Å². The first-order valence-electron chi connectivity index (χ1n) is 9.28. The molecule has 3 aromatic rings. The molecule has 0 aliphatic heterocycles. The standard InChI is InChI=1S/C21H21Cl2N3O3/c1-12(2)28-21-17(22)10-15(11-24-21)20-25-19(26-29-20)16-9-5-8-14(18(16)23)7-4-6-13(3)27/h5,8-12H,4,6-7H2,1-3H3. The number of rotatable bonds is 8. The summed E-state index contributed by atoms with van der Waals surface area (Å²) in [6.07, 6.45) is 3.50. The van der Waals surface area contributed by atoms with Crippen LogP contribution in [-0.4, -0.2) is 27.0 Å². The van der Waals surface area contributed by atoms with E-state index in [0.29, 0.717) is 45.7 Å². The highest BCUT2D eigenvalue weighted by atomic mass is 35.5. The first-order valence-corrected chi connectivity index (χ1v) is 10.0. The van der Waals surface area contributed by atoms with Gasteiger partial charge < -0.3 is 14.1 Å². The number of carbonyl (C=O) groups excluding carboxylic acids is 1. The molecule has 0 radical (unpaired) electrons. The summed E-state index contributed by atoms with van der Waals surface area (Å²) in [6, 6.07) is 7.32. The number of halogens is 2. The molecule has 2 heterocycles. The molecule has 0 spiro atoms. The normalized spacial score (nSPS) is 11.1. The predicted molar refractivity (Wildman–Crippen MR) is 112 cm³/mol. The summed E-state index contributed by atoms with van der Waals surface area (Å²) >= 11 is 12.8. The Kier molecular flexibility index (Phi) is 6.87. The minimum atomic E-state index is -0.0364. The fourth-order valence-corrected chi connectivity index (χ4v) is 3.29. The SMILES string of the molecule is CC(=O)CCCc1cccc(-c2noc(-c3cnc(OC(C)C)c(Cl)c3)n2)c1Cl. The molecule has 0 amide bonds. The van der Waals surface area contributed by atoms with Crippen LogP contribution in [0.25, 0.3) is 22.8 Å². The Balaban J connectivity index is 1.83. The zero-order valence-corrected chi connectivity index (χ0v) is 17.9. The second-order valence-electron chi connectivity index (χ2n) is 6.93. The van der Waals surface area contributed by atoms with Gasteiger partial charge in [-0.1, -0.05) is 40.5 Å². The fraction of sp³-hybridized carbons (Fsp3) is 0.333. The van der Waals surface area contributed by atoms with Gasteiger partial charge in [-0.3, -0.25) is 0 Å². The van der Waals surface area contributed by atoms with E-state index in [2.05, 4.69) is 15.1 Å². The second kappa shape index (κ2) is 9.37. The van der Waals surface area contributed by atoms with Crippen molar-refractivity contribution < 1.29 is 14.1 Å². The highest BCUT2D eigenvalue weighted by molar-refractivity contribution is 6.34. The third-order valence-corrected chi connectivity index (χ3v) is 4.84. The Labute approximate surface area is 179 Å². The van der Waals surface area contributed by atoms with Gasteiger partial charge in [0.25, 0.3) is 5.89 Å². The molecule has 0 aliphatic carbocycles. The van der Waals surface area contributed by atoms with Crippen molar-refractivity contribution in [3.05, 3.63) is 46.1 Å². The van der Waals surface area contributed by atoms with Gasteiger partial charge in [0.15, 0.2) is 0 Å². The van der Waals surface area contributed by atoms with Crippen LogP contribution in [0.2, 0.25) is 10.0 Å². The molecule has 0 atom stereocenters. The van der Waals surface area contributed by atoms with Gasteiger partial charge >= 0.3 is 0 Å². The van der Waals surface area contributed by atoms with Crippen molar-refractivity contribution in [1.29, 1.82) is 0 Å². The number of benzene rings is 1. The van der Waals surface area contributed by atoms with Gasteiger partial charge in [-0.15, -0.1) is 0 Å². The van der Waals surface area contributed by atoms with Crippen LogP contribution >= 0.6 is 23.2 Å². The Morgan fingerprint density at radius 2 is 2.07 bits per heavy atom. The molecule has 8 heteroatoms. The molecule has 0 bridgehead atoms. The maximum absolute atomic E-state index is 11.2. The average Bonchev–Trinajstić information content (AvgIpc) is 3.14. The van der Waals surface area contributed by atoms with Gasteiger partial charge in [0.1, 0.15) is 10.8 Å². The van der Waals surface area contributed by atoms with E-state index in [-0.39, 0.29) is 17.8 Å². The summed E-state index contributed by atoms with van der Waals surface area (Å²) in [5, 5.41) is 4.97. The van der Waals surface area contributed by atoms with Crippen LogP contribution in [0.5, 0.6) is 5.88 Å². The number of hydrogen-bond donors (Lipinski definition) is 0. The van der Waals surface area contributed by atoms with Crippen molar-refractivity contribution in [3.63, 3.8) is 0 Å². The zero-order valence-electron chi connectivity index (χ0n) is 16.4. The minimum Gasteiger partial charge on any atom is -0.474 e. The molecule has 2 aromatic heterocycles. The molecule has 0 fully saturated rings. The van der Waals surface area contributed by atoms with Crippen molar-refractivity contribution in [2.24, 2.45) is 0 Å². The van der Waals surface area contributed by atoms with E-state index >= 15 is 0 Å². The number of nitrogens with zero attached hydrogens (tertiary/aromatic N) is 3. The lowest BCUT2D eigenvalue weighted by atomic mass is 10.0. The number of ketones is 1. The van der Waals surface area contributed by atoms with Crippen molar-refractivity contribution in [3.8, 4) is 28.7 Å². The van der Waals surface area contributed by atoms with Crippen molar-refractivity contribution >= 4 is 29.0 Å². The number of aromatic nitrogens is 3. The van der Waals surface area contributed by atoms with Crippen LogP contribution in [0, 0.1) is 0 Å². The van der Waals surface area contributed by atoms with E-state index in [0.717, 1.165) is 12.0 Å². The Morgan fingerprint density at radius 3 is 2.76 bits per heavy atom. The molecule has 29 heavy (non-hydrogen) atoms. The zero-order chi connectivity index (χ0) is 21.0. The molecule has 3 rings (SSSR count). The Morgan fingerprint density at radius 1 is 1.28 bits per heavy atom. The summed E-state index contributed by atoms with van der Waals surface area (Å²) in [5.41, 5.74) is 2.19. The molecular weight excluding hydrogens is 413 g/mol. The largest absolute Gasteiger partial charge is 0.474 e. The first-order chi connectivity index (χ1) is 13.8. The maximum Gasteiger partial charge on any atom is 0.259 e. The van der Waals surface area contributed by atoms with Gasteiger partial charge in [-0.05, 0) is 51.3 Å². The molecule has 1 aromatic carbocycles. The number of Topliss-reactive ketones (excluding diaryl/α,β-unsaturated/α-hetero) is 1. The maximum atomic E-state index is 11.2. The summed E-state index contributed by atoms with van der Waals surface area (Å²) in [7, 11) is 0. The summed E-state index contributed by atoms with van der Waals surface area (Å²) < 4.78 is 10.9. The predicted octanol–water partition coefficient (Wildman–Crippen LogP) is 5.80. The lowest BCUT2D eigenvalue weighted by Gasteiger charge is -2.09. The Bertz CT molecular complexity index is 1020. The van der Waals surface area contributed by atoms with Crippen LogP contribution in [0.4, 0.5) is 0 Å². The number of pyridine rings is 1. The van der Waals surface area contributed by atoms with Crippen LogP contribution < -0.4 is 4.74 Å². The Hall–Kier alpha value is -2.44. The summed E-state index contributed by atoms with van der Waals surface area (Å²) in [4.78, 5) is 19.8. The molecule has 0 aliphatic rings. The van der Waals surface area contributed by atoms with E-state index in [4.69, 9.17) is 32.5 Å². The number of carbonyl (C=O) groups is 1.